The molecule has 0 heterocycles. The van der Waals surface area contributed by atoms with E-state index in [1.54, 1.807) is 19.4 Å². The fourth-order valence-corrected chi connectivity index (χ4v) is 2.82. The first-order chi connectivity index (χ1) is 13.9. The molecule has 2 aromatic rings. The van der Waals surface area contributed by atoms with Crippen LogP contribution in [0.25, 0.3) is 0 Å². The summed E-state index contributed by atoms with van der Waals surface area (Å²) < 4.78 is 10.9. The number of benzene rings is 2. The molecule has 0 aliphatic rings. The number of hydrogen-bond donors (Lipinski definition) is 1. The summed E-state index contributed by atoms with van der Waals surface area (Å²) in [5.41, 5.74) is 3.84. The summed E-state index contributed by atoms with van der Waals surface area (Å²) in [4.78, 5) is 16.8. The zero-order valence-electron chi connectivity index (χ0n) is 17.4. The van der Waals surface area contributed by atoms with E-state index in [9.17, 15) is 9.90 Å². The van der Waals surface area contributed by atoms with Gasteiger partial charge in [0, 0.05) is 12.0 Å². The minimum absolute atomic E-state index is 0.171. The minimum atomic E-state index is -0.984. The monoisotopic (exact) mass is 399 g/mol. The average molecular weight is 399 g/mol. The van der Waals surface area contributed by atoms with Crippen molar-refractivity contribution in [2.45, 2.75) is 52.4 Å². The predicted octanol–water partition coefficient (Wildman–Crippen LogP) is 4.23. The molecule has 0 bridgehead atoms. The van der Waals surface area contributed by atoms with E-state index in [1.807, 2.05) is 38.1 Å². The van der Waals surface area contributed by atoms with Crippen molar-refractivity contribution < 1.29 is 24.2 Å². The number of methoxy groups -OCH3 is 1. The van der Waals surface area contributed by atoms with Crippen LogP contribution in [0.4, 0.5) is 0 Å². The lowest BCUT2D eigenvalue weighted by atomic mass is 10.0. The standard InChI is InChI=1S/C23H29NO5/c1-5-17-6-8-18(9-7-17)15-28-24-14-20-12-19(10-11-21(20)27-4)13-22(23(25)26)29-16(2)3/h6-12,14,16,22H,5,13,15H2,1-4H3,(H,25,26)/b24-14+. The van der Waals surface area contributed by atoms with Crippen LogP contribution >= 0.6 is 0 Å². The highest BCUT2D eigenvalue weighted by Crippen LogP contribution is 2.20. The first kappa shape index (κ1) is 22.4. The molecule has 29 heavy (non-hydrogen) atoms. The Labute approximate surface area is 172 Å². The molecule has 0 fully saturated rings. The SMILES string of the molecule is CCc1ccc(CO/N=C/c2cc(CC(OC(C)C)C(=O)O)ccc2OC)cc1. The fourth-order valence-electron chi connectivity index (χ4n) is 2.82. The molecule has 0 aliphatic carbocycles. The van der Waals surface area contributed by atoms with E-state index >= 15 is 0 Å². The molecule has 1 unspecified atom stereocenters. The number of aliphatic carboxylic acids is 1. The van der Waals surface area contributed by atoms with Crippen LogP contribution in [-0.4, -0.2) is 36.6 Å². The lowest BCUT2D eigenvalue weighted by Crippen LogP contribution is -2.29. The number of carboxylic acids is 1. The Bertz CT molecular complexity index is 815. The van der Waals surface area contributed by atoms with Gasteiger partial charge in [0.05, 0.1) is 19.4 Å². The number of hydrogen-bond acceptors (Lipinski definition) is 5. The molecule has 0 saturated carbocycles. The van der Waals surface area contributed by atoms with Gasteiger partial charge in [-0.15, -0.1) is 0 Å². The third-order valence-electron chi connectivity index (χ3n) is 4.36. The van der Waals surface area contributed by atoms with Gasteiger partial charge >= 0.3 is 5.97 Å². The summed E-state index contributed by atoms with van der Waals surface area (Å²) in [6, 6.07) is 13.6. The van der Waals surface area contributed by atoms with Crippen molar-refractivity contribution in [1.29, 1.82) is 0 Å². The molecule has 0 radical (unpaired) electrons. The van der Waals surface area contributed by atoms with E-state index < -0.39 is 12.1 Å². The van der Waals surface area contributed by atoms with Gasteiger partial charge in [0.1, 0.15) is 12.4 Å². The highest BCUT2D eigenvalue weighted by Gasteiger charge is 2.20. The molecule has 2 rings (SSSR count). The van der Waals surface area contributed by atoms with Crippen molar-refractivity contribution in [3.8, 4) is 5.75 Å². The zero-order chi connectivity index (χ0) is 21.2. The largest absolute Gasteiger partial charge is 0.496 e. The molecular weight excluding hydrogens is 370 g/mol. The first-order valence-corrected chi connectivity index (χ1v) is 9.71. The van der Waals surface area contributed by atoms with Crippen molar-refractivity contribution in [2.24, 2.45) is 5.16 Å². The van der Waals surface area contributed by atoms with Crippen molar-refractivity contribution in [2.75, 3.05) is 7.11 Å². The summed E-state index contributed by atoms with van der Waals surface area (Å²) >= 11 is 0. The molecule has 6 nitrogen and oxygen atoms in total. The van der Waals surface area contributed by atoms with Gasteiger partial charge in [-0.2, -0.15) is 0 Å². The molecule has 6 heteroatoms. The van der Waals surface area contributed by atoms with Gasteiger partial charge in [-0.1, -0.05) is 42.4 Å². The van der Waals surface area contributed by atoms with Crippen molar-refractivity contribution in [1.82, 2.24) is 0 Å². The maximum absolute atomic E-state index is 11.4. The van der Waals surface area contributed by atoms with E-state index in [1.165, 1.54) is 5.56 Å². The second-order valence-electron chi connectivity index (χ2n) is 6.97. The van der Waals surface area contributed by atoms with Crippen LogP contribution in [0.5, 0.6) is 5.75 Å². The lowest BCUT2D eigenvalue weighted by Gasteiger charge is -2.17. The van der Waals surface area contributed by atoms with Crippen LogP contribution < -0.4 is 4.74 Å². The van der Waals surface area contributed by atoms with Gasteiger partial charge in [-0.05, 0) is 49.1 Å². The third-order valence-corrected chi connectivity index (χ3v) is 4.36. The Kier molecular flexibility index (Phi) is 8.68. The number of ether oxygens (including phenoxy) is 2. The number of nitrogens with zero attached hydrogens (tertiary/aromatic N) is 1. The van der Waals surface area contributed by atoms with Crippen LogP contribution in [-0.2, 0) is 33.8 Å². The molecule has 0 spiro atoms. The molecule has 0 amide bonds. The summed E-state index contributed by atoms with van der Waals surface area (Å²) in [5.74, 6) is -0.354. The average Bonchev–Trinajstić information content (AvgIpc) is 2.71. The molecule has 0 saturated heterocycles. The van der Waals surface area contributed by atoms with Crippen LogP contribution in [0.3, 0.4) is 0 Å². The quantitative estimate of drug-likeness (QED) is 0.452. The Morgan fingerprint density at radius 2 is 1.76 bits per heavy atom. The van der Waals surface area contributed by atoms with Crippen molar-refractivity contribution in [3.63, 3.8) is 0 Å². The molecule has 1 atom stereocenters. The van der Waals surface area contributed by atoms with Gasteiger partial charge in [-0.3, -0.25) is 0 Å². The first-order valence-electron chi connectivity index (χ1n) is 9.71. The molecule has 2 aromatic carbocycles. The normalized spacial score (nSPS) is 12.3. The molecule has 156 valence electrons. The number of rotatable bonds is 11. The molecule has 0 aliphatic heterocycles. The Morgan fingerprint density at radius 3 is 2.34 bits per heavy atom. The molecule has 0 aromatic heterocycles. The Balaban J connectivity index is 2.04. The second-order valence-corrected chi connectivity index (χ2v) is 6.97. The highest BCUT2D eigenvalue weighted by molar-refractivity contribution is 5.83. The van der Waals surface area contributed by atoms with Crippen molar-refractivity contribution >= 4 is 12.2 Å². The number of carbonyl (C=O) groups is 1. The van der Waals surface area contributed by atoms with Crippen LogP contribution in [0.15, 0.2) is 47.6 Å². The Morgan fingerprint density at radius 1 is 1.10 bits per heavy atom. The van der Waals surface area contributed by atoms with Gasteiger partial charge in [0.2, 0.25) is 0 Å². The summed E-state index contributed by atoms with van der Waals surface area (Å²) in [6.45, 7) is 6.11. The number of carboxylic acid groups (broad SMARTS) is 1. The van der Waals surface area contributed by atoms with Gasteiger partial charge in [0.15, 0.2) is 6.10 Å². The van der Waals surface area contributed by atoms with E-state index in [-0.39, 0.29) is 12.5 Å². The van der Waals surface area contributed by atoms with Gasteiger partial charge < -0.3 is 19.4 Å². The fraction of sp³-hybridized carbons (Fsp3) is 0.391. The van der Waals surface area contributed by atoms with E-state index in [0.29, 0.717) is 17.9 Å². The van der Waals surface area contributed by atoms with E-state index in [2.05, 4.69) is 24.2 Å². The van der Waals surface area contributed by atoms with Gasteiger partial charge in [-0.25, -0.2) is 4.79 Å². The number of aryl methyl sites for hydroxylation is 1. The Hall–Kier alpha value is -2.86. The summed E-state index contributed by atoms with van der Waals surface area (Å²) in [7, 11) is 1.57. The summed E-state index contributed by atoms with van der Waals surface area (Å²) in [5, 5.41) is 13.4. The molecular formula is C23H29NO5. The smallest absolute Gasteiger partial charge is 0.333 e. The van der Waals surface area contributed by atoms with Gasteiger partial charge in [0.25, 0.3) is 0 Å². The minimum Gasteiger partial charge on any atom is -0.496 e. The second kappa shape index (κ2) is 11.2. The molecule has 1 N–H and O–H groups in total. The maximum Gasteiger partial charge on any atom is 0.333 e. The number of oxime groups is 1. The van der Waals surface area contributed by atoms with Crippen LogP contribution in [0.1, 0.15) is 43.0 Å². The van der Waals surface area contributed by atoms with Crippen LogP contribution in [0.2, 0.25) is 0 Å². The predicted molar refractivity (Wildman–Crippen MR) is 113 cm³/mol. The summed E-state index contributed by atoms with van der Waals surface area (Å²) in [6.07, 6.45) is 1.75. The maximum atomic E-state index is 11.4. The van der Waals surface area contributed by atoms with Crippen LogP contribution in [0, 0.1) is 0 Å². The zero-order valence-corrected chi connectivity index (χ0v) is 17.4. The highest BCUT2D eigenvalue weighted by atomic mass is 16.6. The lowest BCUT2D eigenvalue weighted by molar-refractivity contribution is -0.153. The van der Waals surface area contributed by atoms with E-state index in [4.69, 9.17) is 14.3 Å². The third kappa shape index (κ3) is 7.23. The topological polar surface area (TPSA) is 77.4 Å². The van der Waals surface area contributed by atoms with Crippen molar-refractivity contribution in [3.05, 3.63) is 64.7 Å². The van der Waals surface area contributed by atoms with E-state index in [0.717, 1.165) is 17.5 Å².